The lowest BCUT2D eigenvalue weighted by Gasteiger charge is -2.28. The SMILES string of the molecule is COc1ccc(S(=O)(=O)N(Cc2ccccc2)c2c(OCCCCC(=O)O)cccc2C(=O)O)cc1. The van der Waals surface area contributed by atoms with Crippen molar-refractivity contribution in [2.24, 2.45) is 0 Å². The number of unbranched alkanes of at least 4 members (excludes halogenated alkanes) is 1. The Balaban J connectivity index is 2.09. The molecule has 0 aliphatic carbocycles. The van der Waals surface area contributed by atoms with Crippen LogP contribution in [0.1, 0.15) is 35.2 Å². The van der Waals surface area contributed by atoms with Crippen molar-refractivity contribution in [1.29, 1.82) is 0 Å². The Morgan fingerprint density at radius 3 is 2.19 bits per heavy atom. The van der Waals surface area contributed by atoms with Crippen LogP contribution in [0.15, 0.2) is 77.7 Å². The average molecular weight is 514 g/mol. The summed E-state index contributed by atoms with van der Waals surface area (Å²) in [5.41, 5.74) is 0.288. The Bertz CT molecular complexity index is 1290. The number of hydrogen-bond acceptors (Lipinski definition) is 6. The normalized spacial score (nSPS) is 11.0. The maximum Gasteiger partial charge on any atom is 0.337 e. The van der Waals surface area contributed by atoms with Gasteiger partial charge in [0.25, 0.3) is 10.0 Å². The third-order valence-electron chi connectivity index (χ3n) is 5.34. The Kier molecular flexibility index (Phi) is 8.91. The van der Waals surface area contributed by atoms with Crippen LogP contribution >= 0.6 is 0 Å². The van der Waals surface area contributed by atoms with Crippen molar-refractivity contribution in [2.75, 3.05) is 18.0 Å². The van der Waals surface area contributed by atoms with Gasteiger partial charge in [-0.25, -0.2) is 13.2 Å². The molecule has 0 radical (unpaired) electrons. The van der Waals surface area contributed by atoms with E-state index in [1.807, 2.05) is 0 Å². The molecule has 3 rings (SSSR count). The van der Waals surface area contributed by atoms with Gasteiger partial charge in [-0.3, -0.25) is 9.10 Å². The summed E-state index contributed by atoms with van der Waals surface area (Å²) in [7, 11) is -2.78. The highest BCUT2D eigenvalue weighted by atomic mass is 32.2. The summed E-state index contributed by atoms with van der Waals surface area (Å²) in [5, 5.41) is 18.7. The second-order valence-corrected chi connectivity index (χ2v) is 9.69. The van der Waals surface area contributed by atoms with E-state index in [1.54, 1.807) is 30.3 Å². The van der Waals surface area contributed by atoms with Crippen molar-refractivity contribution in [1.82, 2.24) is 0 Å². The second-order valence-electron chi connectivity index (χ2n) is 7.83. The number of carbonyl (C=O) groups is 2. The van der Waals surface area contributed by atoms with E-state index < -0.39 is 22.0 Å². The first-order chi connectivity index (χ1) is 17.2. The summed E-state index contributed by atoms with van der Waals surface area (Å²) in [6.07, 6.45) is 0.728. The molecule has 3 aromatic rings. The van der Waals surface area contributed by atoms with E-state index in [1.165, 1.54) is 49.6 Å². The van der Waals surface area contributed by atoms with E-state index in [9.17, 15) is 23.1 Å². The summed E-state index contributed by atoms with van der Waals surface area (Å²) in [6, 6.07) is 18.9. The molecule has 0 saturated carbocycles. The minimum atomic E-state index is -4.25. The number of para-hydroxylation sites is 1. The molecule has 0 unspecified atom stereocenters. The standard InChI is InChI=1S/C26H27NO8S/c1-34-20-13-15-21(16-14-20)36(32,33)27(18-19-8-3-2-4-9-19)25-22(26(30)31)10-7-11-23(25)35-17-6-5-12-24(28)29/h2-4,7-11,13-16H,5-6,12,17-18H2,1H3,(H,28,29)(H,30,31). The lowest BCUT2D eigenvalue weighted by atomic mass is 10.1. The summed E-state index contributed by atoms with van der Waals surface area (Å²) < 4.78 is 39.7. The van der Waals surface area contributed by atoms with Crippen LogP contribution in [0.5, 0.6) is 11.5 Å². The van der Waals surface area contributed by atoms with Gasteiger partial charge in [0.2, 0.25) is 0 Å². The predicted molar refractivity (Wildman–Crippen MR) is 133 cm³/mol. The Morgan fingerprint density at radius 1 is 0.889 bits per heavy atom. The smallest absolute Gasteiger partial charge is 0.337 e. The van der Waals surface area contributed by atoms with Crippen molar-refractivity contribution in [3.63, 3.8) is 0 Å². The minimum absolute atomic E-state index is 0.0304. The third-order valence-corrected chi connectivity index (χ3v) is 7.10. The fourth-order valence-electron chi connectivity index (χ4n) is 3.54. The molecular weight excluding hydrogens is 486 g/mol. The Hall–Kier alpha value is -4.05. The molecule has 3 aromatic carbocycles. The lowest BCUT2D eigenvalue weighted by Crippen LogP contribution is -2.32. The number of anilines is 1. The fraction of sp³-hybridized carbons (Fsp3) is 0.231. The molecule has 0 bridgehead atoms. The zero-order valence-electron chi connectivity index (χ0n) is 19.7. The zero-order chi connectivity index (χ0) is 26.1. The number of aromatic carboxylic acids is 1. The Labute approximate surface area is 209 Å². The van der Waals surface area contributed by atoms with Gasteiger partial charge in [0.05, 0.1) is 30.7 Å². The van der Waals surface area contributed by atoms with Gasteiger partial charge in [-0.2, -0.15) is 0 Å². The van der Waals surface area contributed by atoms with Crippen LogP contribution in [0.2, 0.25) is 0 Å². The number of methoxy groups -OCH3 is 1. The number of carboxylic acids is 2. The first-order valence-electron chi connectivity index (χ1n) is 11.2. The number of carboxylic acid groups (broad SMARTS) is 2. The molecular formula is C26H27NO8S. The predicted octanol–water partition coefficient (Wildman–Crippen LogP) is 4.42. The van der Waals surface area contributed by atoms with Gasteiger partial charge in [-0.05, 0) is 54.8 Å². The van der Waals surface area contributed by atoms with Crippen molar-refractivity contribution in [3.05, 3.63) is 83.9 Å². The Morgan fingerprint density at radius 2 is 1.58 bits per heavy atom. The van der Waals surface area contributed by atoms with Gasteiger partial charge >= 0.3 is 11.9 Å². The molecule has 0 amide bonds. The first-order valence-corrected chi connectivity index (χ1v) is 12.6. The van der Waals surface area contributed by atoms with Gasteiger partial charge in [0.1, 0.15) is 17.2 Å². The quantitative estimate of drug-likeness (QED) is 0.321. The first kappa shape index (κ1) is 26.6. The van der Waals surface area contributed by atoms with Gasteiger partial charge in [0, 0.05) is 6.42 Å². The topological polar surface area (TPSA) is 130 Å². The molecule has 0 aliphatic heterocycles. The molecule has 36 heavy (non-hydrogen) atoms. The van der Waals surface area contributed by atoms with Crippen LogP contribution in [0, 0.1) is 0 Å². The minimum Gasteiger partial charge on any atom is -0.497 e. The lowest BCUT2D eigenvalue weighted by molar-refractivity contribution is -0.137. The van der Waals surface area contributed by atoms with Crippen molar-refractivity contribution in [3.8, 4) is 11.5 Å². The molecule has 0 atom stereocenters. The van der Waals surface area contributed by atoms with E-state index in [2.05, 4.69) is 0 Å². The average Bonchev–Trinajstić information content (AvgIpc) is 2.87. The van der Waals surface area contributed by atoms with Crippen LogP contribution in [-0.2, 0) is 21.4 Å². The van der Waals surface area contributed by atoms with E-state index in [0.29, 0.717) is 24.2 Å². The number of ether oxygens (including phenoxy) is 2. The molecule has 0 aromatic heterocycles. The van der Waals surface area contributed by atoms with Crippen molar-refractivity contribution < 1.29 is 37.7 Å². The van der Waals surface area contributed by atoms with E-state index in [-0.39, 0.29) is 41.5 Å². The highest BCUT2D eigenvalue weighted by molar-refractivity contribution is 7.92. The second kappa shape index (κ2) is 12.1. The molecule has 190 valence electrons. The number of nitrogens with zero attached hydrogens (tertiary/aromatic N) is 1. The van der Waals surface area contributed by atoms with Crippen LogP contribution in [0.25, 0.3) is 0 Å². The van der Waals surface area contributed by atoms with E-state index in [4.69, 9.17) is 14.6 Å². The highest BCUT2D eigenvalue weighted by Gasteiger charge is 2.31. The number of aliphatic carboxylic acids is 1. The molecule has 0 spiro atoms. The zero-order valence-corrected chi connectivity index (χ0v) is 20.5. The van der Waals surface area contributed by atoms with Crippen LogP contribution < -0.4 is 13.8 Å². The molecule has 0 heterocycles. The molecule has 0 aliphatic rings. The van der Waals surface area contributed by atoms with Gasteiger partial charge in [0.15, 0.2) is 0 Å². The van der Waals surface area contributed by atoms with E-state index >= 15 is 0 Å². The number of rotatable bonds is 13. The van der Waals surface area contributed by atoms with Gasteiger partial charge < -0.3 is 19.7 Å². The summed E-state index contributed by atoms with van der Waals surface area (Å²) in [5.74, 6) is -1.70. The summed E-state index contributed by atoms with van der Waals surface area (Å²) >= 11 is 0. The maximum absolute atomic E-state index is 13.9. The van der Waals surface area contributed by atoms with Gasteiger partial charge in [-0.1, -0.05) is 36.4 Å². The van der Waals surface area contributed by atoms with Crippen LogP contribution in [0.4, 0.5) is 5.69 Å². The monoisotopic (exact) mass is 513 g/mol. The molecule has 0 saturated heterocycles. The van der Waals surface area contributed by atoms with Crippen LogP contribution in [-0.4, -0.2) is 44.3 Å². The van der Waals surface area contributed by atoms with Crippen molar-refractivity contribution >= 4 is 27.6 Å². The van der Waals surface area contributed by atoms with Gasteiger partial charge in [-0.15, -0.1) is 0 Å². The summed E-state index contributed by atoms with van der Waals surface area (Å²) in [6.45, 7) is -0.0556. The fourth-order valence-corrected chi connectivity index (χ4v) is 5.02. The van der Waals surface area contributed by atoms with E-state index in [0.717, 1.165) is 4.31 Å². The molecule has 0 fully saturated rings. The van der Waals surface area contributed by atoms with Crippen molar-refractivity contribution in [2.45, 2.75) is 30.7 Å². The van der Waals surface area contributed by atoms with Crippen LogP contribution in [0.3, 0.4) is 0 Å². The highest BCUT2D eigenvalue weighted by Crippen LogP contribution is 2.38. The maximum atomic E-state index is 13.9. The number of benzene rings is 3. The molecule has 10 heteroatoms. The number of hydrogen-bond donors (Lipinski definition) is 2. The molecule has 9 nitrogen and oxygen atoms in total. The third kappa shape index (κ3) is 6.54. The number of sulfonamides is 1. The summed E-state index contributed by atoms with van der Waals surface area (Å²) in [4.78, 5) is 22.9. The largest absolute Gasteiger partial charge is 0.497 e. The molecule has 2 N–H and O–H groups in total.